The van der Waals surface area contributed by atoms with E-state index in [0.29, 0.717) is 51.9 Å². The van der Waals surface area contributed by atoms with Crippen LogP contribution in [0.1, 0.15) is 392 Å². The summed E-state index contributed by atoms with van der Waals surface area (Å²) in [5.74, 6) is -2.49. The number of hydrogen-bond acceptors (Lipinski definition) is 13. The molecule has 22 nitrogen and oxygen atoms in total. The number of hydrogen-bond donors (Lipinski definition) is 10. The Kier molecular flexibility index (Phi) is 64.8. The van der Waals surface area contributed by atoms with Crippen molar-refractivity contribution in [2.24, 2.45) is 0 Å². The number of nitrogens with one attached hydrogen (secondary N) is 10. The van der Waals surface area contributed by atoms with E-state index in [9.17, 15) is 47.9 Å². The highest BCUT2D eigenvalue weighted by molar-refractivity contribution is 8.03. The average molecular weight is 1750 g/mol. The van der Waals surface area contributed by atoms with Gasteiger partial charge in [-0.2, -0.15) is 4.57 Å². The number of unbranched alkanes of at least 4 members (excludes halogenated alkanes) is 40. The smallest absolute Gasteiger partial charge is 0.262 e. The van der Waals surface area contributed by atoms with Gasteiger partial charge < -0.3 is 58.1 Å². The molecule has 10 amide bonds. The zero-order chi connectivity index (χ0) is 88.5. The van der Waals surface area contributed by atoms with Crippen molar-refractivity contribution in [2.75, 3.05) is 63.8 Å². The maximum atomic E-state index is 13.4. The zero-order valence-electron chi connectivity index (χ0n) is 77.0. The van der Waals surface area contributed by atoms with E-state index in [4.69, 9.17) is 0 Å². The lowest BCUT2D eigenvalue weighted by Crippen LogP contribution is -2.48. The third kappa shape index (κ3) is 55.0. The molecule has 10 N–H and O–H groups in total. The van der Waals surface area contributed by atoms with Crippen LogP contribution in [0.5, 0.6) is 0 Å². The number of thiazole rings is 1. The molecule has 3 aromatic rings. The molecule has 2 aromatic carbocycles. The molecule has 2 atom stereocenters. The number of para-hydroxylation sites is 2. The fourth-order valence-corrected chi connectivity index (χ4v) is 17.7. The van der Waals surface area contributed by atoms with E-state index in [2.05, 4.69) is 157 Å². The summed E-state index contributed by atoms with van der Waals surface area (Å²) in [4.78, 5) is 134. The number of carbonyl (C=O) groups is 10. The number of amides is 10. The fourth-order valence-electron chi connectivity index (χ4n) is 15.5. The largest absolute Gasteiger partial charge is 0.356 e. The fraction of sp³-hybridized carbons (Fsp3) is 0.727. The Labute approximate surface area is 750 Å². The Hall–Kier alpha value is -7.34. The lowest BCUT2D eigenvalue weighted by Gasteiger charge is -2.20. The first kappa shape index (κ1) is 108. The van der Waals surface area contributed by atoms with Crippen LogP contribution in [0.25, 0.3) is 16.3 Å². The van der Waals surface area contributed by atoms with Gasteiger partial charge in [0.15, 0.2) is 6.54 Å². The van der Waals surface area contributed by atoms with E-state index in [0.717, 1.165) is 137 Å². The molecule has 0 fully saturated rings. The molecule has 0 radical (unpaired) electrons. The van der Waals surface area contributed by atoms with Gasteiger partial charge in [-0.25, -0.2) is 0 Å². The van der Waals surface area contributed by atoms with Gasteiger partial charge in [0.05, 0.1) is 10.7 Å². The lowest BCUT2D eigenvalue weighted by molar-refractivity contribution is -0.669. The highest BCUT2D eigenvalue weighted by Crippen LogP contribution is 2.46. The van der Waals surface area contributed by atoms with E-state index >= 15 is 0 Å². The molecule has 0 bridgehead atoms. The van der Waals surface area contributed by atoms with E-state index < -0.39 is 12.1 Å². The highest BCUT2D eigenvalue weighted by atomic mass is 32.2. The molecule has 2 heterocycles. The zero-order valence-corrected chi connectivity index (χ0v) is 78.6. The van der Waals surface area contributed by atoms with E-state index in [1.54, 1.807) is 23.1 Å². The van der Waals surface area contributed by atoms with Crippen molar-refractivity contribution in [3.05, 3.63) is 70.7 Å². The molecule has 0 aliphatic carbocycles. The molecule has 0 spiro atoms. The molecule has 694 valence electrons. The molecular formula is C99H167N12O10S2+. The number of nitrogens with zero attached hydrogens (tertiary/aromatic N) is 2. The van der Waals surface area contributed by atoms with Crippen LogP contribution in [0.3, 0.4) is 0 Å². The molecule has 1 aliphatic rings. The van der Waals surface area contributed by atoms with Gasteiger partial charge in [0.2, 0.25) is 64.6 Å². The molecule has 0 saturated carbocycles. The third-order valence-electron chi connectivity index (χ3n) is 23.0. The Bertz CT molecular complexity index is 3440. The van der Waals surface area contributed by atoms with Crippen molar-refractivity contribution in [1.29, 1.82) is 0 Å². The van der Waals surface area contributed by atoms with Gasteiger partial charge in [0, 0.05) is 134 Å². The maximum Gasteiger partial charge on any atom is 0.262 e. The van der Waals surface area contributed by atoms with Gasteiger partial charge >= 0.3 is 0 Å². The molecular weight excluding hydrogens is 1580 g/mol. The molecule has 1 aromatic heterocycles. The number of rotatable bonds is 80. The number of thioether (sulfide) groups is 1. The molecule has 2 unspecified atom stereocenters. The first-order valence-corrected chi connectivity index (χ1v) is 50.9. The summed E-state index contributed by atoms with van der Waals surface area (Å²) >= 11 is 3.48. The predicted molar refractivity (Wildman–Crippen MR) is 508 cm³/mol. The van der Waals surface area contributed by atoms with Crippen molar-refractivity contribution < 1.29 is 52.5 Å². The quantitative estimate of drug-likeness (QED) is 0.0186. The van der Waals surface area contributed by atoms with Crippen molar-refractivity contribution in [3.8, 4) is 0 Å². The number of aromatic nitrogens is 1. The van der Waals surface area contributed by atoms with Crippen LogP contribution in [-0.2, 0) is 54.5 Å². The van der Waals surface area contributed by atoms with Crippen molar-refractivity contribution in [3.63, 3.8) is 0 Å². The van der Waals surface area contributed by atoms with Crippen LogP contribution in [0.2, 0.25) is 0 Å². The number of anilines is 1. The average Bonchev–Trinajstić information content (AvgIpc) is 1.66. The normalized spacial score (nSPS) is 12.6. The number of fused-ring (bicyclic) bond motifs is 2. The van der Waals surface area contributed by atoms with Crippen molar-refractivity contribution >= 4 is 104 Å². The molecule has 24 heteroatoms. The first-order valence-electron chi connectivity index (χ1n) is 49.2. The molecule has 0 saturated heterocycles. The van der Waals surface area contributed by atoms with Gasteiger partial charge in [-0.15, -0.1) is 0 Å². The van der Waals surface area contributed by atoms with E-state index in [-0.39, 0.29) is 137 Å². The summed E-state index contributed by atoms with van der Waals surface area (Å²) in [7, 11) is 0. The summed E-state index contributed by atoms with van der Waals surface area (Å²) in [5, 5.41) is 31.2. The predicted octanol–water partition coefficient (Wildman–Crippen LogP) is 19.5. The van der Waals surface area contributed by atoms with Gasteiger partial charge in [-0.3, -0.25) is 47.9 Å². The second kappa shape index (κ2) is 73.8. The van der Waals surface area contributed by atoms with Crippen LogP contribution in [0, 0.1) is 0 Å². The Morgan fingerprint density at radius 2 is 0.659 bits per heavy atom. The monoisotopic (exact) mass is 1750 g/mol. The topological polar surface area (TPSA) is 298 Å². The minimum Gasteiger partial charge on any atom is -0.356 e. The lowest BCUT2D eigenvalue weighted by atomic mass is 10.1. The van der Waals surface area contributed by atoms with Crippen LogP contribution in [-0.4, -0.2) is 130 Å². The summed E-state index contributed by atoms with van der Waals surface area (Å²) in [5.41, 5.74) is 2.31. The van der Waals surface area contributed by atoms with Crippen LogP contribution in [0.4, 0.5) is 5.69 Å². The van der Waals surface area contributed by atoms with Crippen LogP contribution in [0.15, 0.2) is 70.6 Å². The summed E-state index contributed by atoms with van der Waals surface area (Å²) in [6, 6.07) is 15.1. The summed E-state index contributed by atoms with van der Waals surface area (Å²) < 4.78 is 3.54. The van der Waals surface area contributed by atoms with Crippen molar-refractivity contribution in [2.45, 2.75) is 411 Å². The van der Waals surface area contributed by atoms with E-state index in [1.807, 2.05) is 0 Å². The number of aryl methyl sites for hydroxylation is 1. The van der Waals surface area contributed by atoms with Crippen molar-refractivity contribution in [1.82, 2.24) is 53.2 Å². The van der Waals surface area contributed by atoms with Gasteiger partial charge in [0.25, 0.3) is 5.01 Å². The third-order valence-corrected chi connectivity index (χ3v) is 25.3. The molecule has 1 aliphatic heterocycles. The second-order valence-corrected chi connectivity index (χ2v) is 36.1. The van der Waals surface area contributed by atoms with Crippen LogP contribution >= 0.6 is 23.1 Å². The molecule has 123 heavy (non-hydrogen) atoms. The Balaban J connectivity index is 1.13. The van der Waals surface area contributed by atoms with Gasteiger partial charge in [-0.1, -0.05) is 319 Å². The number of carbonyl (C=O) groups excluding carboxylic acids is 10. The number of benzene rings is 2. The van der Waals surface area contributed by atoms with Crippen LogP contribution < -0.4 is 62.6 Å². The minimum atomic E-state index is -0.873. The highest BCUT2D eigenvalue weighted by Gasteiger charge is 2.27. The number of allylic oxidation sites excluding steroid dienone is 2. The Morgan fingerprint density at radius 1 is 0.333 bits per heavy atom. The second-order valence-electron chi connectivity index (χ2n) is 34.0. The standard InChI is InChI=1S/C99H166N12O10S2/c1-5-9-13-17-21-25-29-33-37-49-72-100-90(114)66-64-82(98(120)106-74-51-39-35-31-27-23-19-15-11-7-3)108-94(118)70-78-104-92(116)68-76-102-88(112)60-43-41-53-80-110-84-56-45-47-58-86(84)122-96(110)62-55-63-97-111(85-57-46-48-59-87(85)123-97)81-54-42-44-61-89(113)103-77-69-93(117)105-79-71-95(119)109-83(99(121)107-75-52-40-36-32-28-24-20-16-12-8-4)65-67-91(115)101-73-50-38-34-30-26-22-18-14-10-6-2/h45-48,55-59,62-63,82-83H,5-44,49-54,60-61,64-81H2,1-4H3,(H9-,100,101,102,103,104,105,106,107,108,109,112,113,114,115,116,117,118,119,120,121)/p+1. The van der Waals surface area contributed by atoms with E-state index in [1.165, 1.54) is 189 Å². The molecule has 4 rings (SSSR count). The Morgan fingerprint density at radius 3 is 1.07 bits per heavy atom. The summed E-state index contributed by atoms with van der Waals surface area (Å²) in [6.07, 6.45) is 60.5. The summed E-state index contributed by atoms with van der Waals surface area (Å²) in [6.45, 7) is 13.2. The first-order chi connectivity index (χ1) is 60.1. The van der Waals surface area contributed by atoms with Gasteiger partial charge in [0.1, 0.15) is 16.8 Å². The maximum absolute atomic E-state index is 13.4. The van der Waals surface area contributed by atoms with Gasteiger partial charge in [-0.05, 0) is 88.5 Å². The SMILES string of the molecule is CCCCCCCCCCCCNC(=O)CCC(NC(=O)CCNC(=O)CCNC(=O)CCCCCN1C(=CC=Cc2sc3ccccc3[n+]2CCCCCC(=O)NCCC(=O)NCCC(=O)NC(CCC(=O)NCCCCCCCCCCCC)C(=O)NCCCCCCCCCCCC)Sc2ccccc21)C(=O)NCCCCCCCCCCCC. The minimum absolute atomic E-state index is 0.0369.